The van der Waals surface area contributed by atoms with Gasteiger partial charge in [-0.15, -0.1) is 0 Å². The van der Waals surface area contributed by atoms with E-state index in [1.165, 1.54) is 25.7 Å². The van der Waals surface area contributed by atoms with Crippen LogP contribution in [0.4, 0.5) is 5.69 Å². The molecule has 29 heavy (non-hydrogen) atoms. The summed E-state index contributed by atoms with van der Waals surface area (Å²) in [6.45, 7) is 6.44. The third-order valence-corrected chi connectivity index (χ3v) is 6.71. The van der Waals surface area contributed by atoms with Gasteiger partial charge in [0.2, 0.25) is 5.91 Å². The van der Waals surface area contributed by atoms with Crippen LogP contribution in [0, 0.1) is 18.8 Å². The fraction of sp³-hybridized carbons (Fsp3) is 0.652. The molecule has 2 N–H and O–H groups in total. The predicted molar refractivity (Wildman–Crippen MR) is 116 cm³/mol. The number of benzene rings is 1. The Balaban J connectivity index is 1.77. The molecule has 3 rings (SSSR count). The molecule has 1 aliphatic heterocycles. The van der Waals surface area contributed by atoms with Gasteiger partial charge < -0.3 is 20.3 Å². The SMILES string of the molecule is COc1cc(C(=O)NCC2C(=O)NC(C)CC2C)c(C)c(N(C)C2CCCC2)c1. The molecule has 3 atom stereocenters. The molecule has 1 aliphatic carbocycles. The molecule has 2 aliphatic rings. The monoisotopic (exact) mass is 401 g/mol. The van der Waals surface area contributed by atoms with E-state index in [-0.39, 0.29) is 29.7 Å². The first-order chi connectivity index (χ1) is 13.8. The Morgan fingerprint density at radius 1 is 1.28 bits per heavy atom. The smallest absolute Gasteiger partial charge is 0.251 e. The number of rotatable bonds is 6. The van der Waals surface area contributed by atoms with Crippen LogP contribution in [0.1, 0.15) is 61.9 Å². The number of methoxy groups -OCH3 is 1. The molecule has 0 radical (unpaired) electrons. The molecule has 1 aromatic carbocycles. The van der Waals surface area contributed by atoms with Gasteiger partial charge in [0.15, 0.2) is 0 Å². The number of amides is 2. The Bertz CT molecular complexity index is 758. The quantitative estimate of drug-likeness (QED) is 0.768. The van der Waals surface area contributed by atoms with E-state index in [2.05, 4.69) is 29.5 Å². The van der Waals surface area contributed by atoms with Crippen LogP contribution >= 0.6 is 0 Å². The number of carbonyl (C=O) groups is 2. The van der Waals surface area contributed by atoms with Crippen molar-refractivity contribution in [2.75, 3.05) is 25.6 Å². The number of nitrogens with zero attached hydrogens (tertiary/aromatic N) is 1. The summed E-state index contributed by atoms with van der Waals surface area (Å²) < 4.78 is 5.48. The van der Waals surface area contributed by atoms with E-state index in [9.17, 15) is 9.59 Å². The van der Waals surface area contributed by atoms with Crippen molar-refractivity contribution in [3.63, 3.8) is 0 Å². The van der Waals surface area contributed by atoms with Gasteiger partial charge in [0.25, 0.3) is 5.91 Å². The largest absolute Gasteiger partial charge is 0.497 e. The van der Waals surface area contributed by atoms with E-state index < -0.39 is 0 Å². The van der Waals surface area contributed by atoms with Crippen LogP contribution in [-0.2, 0) is 4.79 Å². The number of carbonyl (C=O) groups excluding carboxylic acids is 2. The minimum absolute atomic E-state index is 0.0283. The highest BCUT2D eigenvalue weighted by Crippen LogP contribution is 2.33. The third-order valence-electron chi connectivity index (χ3n) is 6.71. The van der Waals surface area contributed by atoms with Gasteiger partial charge in [0.1, 0.15) is 5.75 Å². The summed E-state index contributed by atoms with van der Waals surface area (Å²) in [5, 5.41) is 5.99. The lowest BCUT2D eigenvalue weighted by Gasteiger charge is -2.33. The van der Waals surface area contributed by atoms with Gasteiger partial charge in [-0.05, 0) is 50.7 Å². The molecule has 0 bridgehead atoms. The second-order valence-electron chi connectivity index (χ2n) is 8.81. The molecular weight excluding hydrogens is 366 g/mol. The maximum absolute atomic E-state index is 13.0. The van der Waals surface area contributed by atoms with Crippen molar-refractivity contribution < 1.29 is 14.3 Å². The van der Waals surface area contributed by atoms with Gasteiger partial charge in [-0.3, -0.25) is 9.59 Å². The minimum atomic E-state index is -0.193. The molecule has 3 unspecified atom stereocenters. The molecule has 6 nitrogen and oxygen atoms in total. The van der Waals surface area contributed by atoms with Crippen LogP contribution in [-0.4, -0.2) is 44.6 Å². The summed E-state index contributed by atoms with van der Waals surface area (Å²) >= 11 is 0. The Hall–Kier alpha value is -2.24. The second-order valence-corrected chi connectivity index (χ2v) is 8.81. The first kappa shape index (κ1) is 21.5. The molecular formula is C23H35N3O3. The Morgan fingerprint density at radius 2 is 1.97 bits per heavy atom. The number of nitrogens with one attached hydrogen (secondary N) is 2. The van der Waals surface area contributed by atoms with Crippen molar-refractivity contribution in [1.82, 2.24) is 10.6 Å². The standard InChI is InChI=1S/C23H35N3O3/c1-14-10-15(2)25-23(28)20(14)13-24-22(27)19-11-18(29-5)12-21(16(19)3)26(4)17-8-6-7-9-17/h11-12,14-15,17,20H,6-10,13H2,1-5H3,(H,24,27)(H,25,28). The number of ether oxygens (including phenoxy) is 1. The summed E-state index contributed by atoms with van der Waals surface area (Å²) in [7, 11) is 3.73. The molecule has 1 saturated carbocycles. The first-order valence-electron chi connectivity index (χ1n) is 10.8. The maximum Gasteiger partial charge on any atom is 0.251 e. The maximum atomic E-state index is 13.0. The lowest BCUT2D eigenvalue weighted by molar-refractivity contribution is -0.129. The summed E-state index contributed by atoms with van der Waals surface area (Å²) in [5.41, 5.74) is 2.60. The zero-order valence-corrected chi connectivity index (χ0v) is 18.4. The average molecular weight is 402 g/mol. The molecule has 1 heterocycles. The van der Waals surface area contributed by atoms with Crippen molar-refractivity contribution in [3.05, 3.63) is 23.3 Å². The lowest BCUT2D eigenvalue weighted by Crippen LogP contribution is -2.50. The number of piperidine rings is 1. The van der Waals surface area contributed by atoms with Crippen LogP contribution in [0.25, 0.3) is 0 Å². The number of hydrogen-bond donors (Lipinski definition) is 2. The van der Waals surface area contributed by atoms with Crippen LogP contribution in [0.3, 0.4) is 0 Å². The molecule has 0 spiro atoms. The van der Waals surface area contributed by atoms with Gasteiger partial charge in [-0.25, -0.2) is 0 Å². The van der Waals surface area contributed by atoms with E-state index in [0.717, 1.165) is 17.7 Å². The van der Waals surface area contributed by atoms with Gasteiger partial charge >= 0.3 is 0 Å². The van der Waals surface area contributed by atoms with Crippen molar-refractivity contribution in [1.29, 1.82) is 0 Å². The van der Waals surface area contributed by atoms with E-state index in [1.807, 2.05) is 19.9 Å². The van der Waals surface area contributed by atoms with Crippen molar-refractivity contribution in [3.8, 4) is 5.75 Å². The van der Waals surface area contributed by atoms with Gasteiger partial charge in [-0.2, -0.15) is 0 Å². The van der Waals surface area contributed by atoms with E-state index >= 15 is 0 Å². The highest BCUT2D eigenvalue weighted by molar-refractivity contribution is 5.98. The molecule has 2 amide bonds. The van der Waals surface area contributed by atoms with Crippen LogP contribution in [0.5, 0.6) is 5.75 Å². The van der Waals surface area contributed by atoms with Crippen LogP contribution < -0.4 is 20.3 Å². The zero-order valence-electron chi connectivity index (χ0n) is 18.4. The minimum Gasteiger partial charge on any atom is -0.497 e. The summed E-state index contributed by atoms with van der Waals surface area (Å²) in [4.78, 5) is 27.7. The van der Waals surface area contributed by atoms with Crippen molar-refractivity contribution in [2.45, 2.75) is 65.0 Å². The van der Waals surface area contributed by atoms with E-state index in [0.29, 0.717) is 23.9 Å². The Kier molecular flexibility index (Phi) is 6.70. The highest BCUT2D eigenvalue weighted by atomic mass is 16.5. The topological polar surface area (TPSA) is 70.7 Å². The molecule has 0 aromatic heterocycles. The molecule has 6 heteroatoms. The Morgan fingerprint density at radius 3 is 2.59 bits per heavy atom. The lowest BCUT2D eigenvalue weighted by atomic mass is 9.84. The molecule has 1 aromatic rings. The fourth-order valence-corrected chi connectivity index (χ4v) is 4.86. The van der Waals surface area contributed by atoms with E-state index in [4.69, 9.17) is 4.74 Å². The average Bonchev–Trinajstić information content (AvgIpc) is 3.21. The predicted octanol–water partition coefficient (Wildman–Crippen LogP) is 3.27. The first-order valence-corrected chi connectivity index (χ1v) is 10.8. The van der Waals surface area contributed by atoms with Crippen molar-refractivity contribution in [2.24, 2.45) is 11.8 Å². The van der Waals surface area contributed by atoms with Crippen LogP contribution in [0.2, 0.25) is 0 Å². The normalized spacial score (nSPS) is 24.9. The summed E-state index contributed by atoms with van der Waals surface area (Å²) in [6, 6.07) is 4.51. The number of hydrogen-bond acceptors (Lipinski definition) is 4. The number of anilines is 1. The molecule has 1 saturated heterocycles. The van der Waals surface area contributed by atoms with Crippen molar-refractivity contribution >= 4 is 17.5 Å². The van der Waals surface area contributed by atoms with E-state index in [1.54, 1.807) is 13.2 Å². The van der Waals surface area contributed by atoms with Gasteiger partial charge in [0, 0.05) is 43.0 Å². The highest BCUT2D eigenvalue weighted by Gasteiger charge is 2.32. The van der Waals surface area contributed by atoms with Gasteiger partial charge in [-0.1, -0.05) is 19.8 Å². The fourth-order valence-electron chi connectivity index (χ4n) is 4.86. The molecule has 2 fully saturated rings. The van der Waals surface area contributed by atoms with Crippen LogP contribution in [0.15, 0.2) is 12.1 Å². The Labute approximate surface area is 174 Å². The summed E-state index contributed by atoms with van der Waals surface area (Å²) in [5.74, 6) is 0.607. The third kappa shape index (κ3) is 4.68. The second kappa shape index (κ2) is 9.06. The molecule has 160 valence electrons. The summed E-state index contributed by atoms with van der Waals surface area (Å²) in [6.07, 6.45) is 5.81. The van der Waals surface area contributed by atoms with Gasteiger partial charge in [0.05, 0.1) is 13.0 Å². The zero-order chi connectivity index (χ0) is 21.1.